The molecule has 0 aliphatic carbocycles. The summed E-state index contributed by atoms with van der Waals surface area (Å²) >= 11 is 5.85. The van der Waals surface area contributed by atoms with Crippen molar-refractivity contribution in [2.45, 2.75) is 6.92 Å². The summed E-state index contributed by atoms with van der Waals surface area (Å²) in [5.41, 5.74) is 1.61. The Hall–Kier alpha value is -1.88. The van der Waals surface area contributed by atoms with Gasteiger partial charge in [0.25, 0.3) is 0 Å². The molecule has 0 fully saturated rings. The van der Waals surface area contributed by atoms with Crippen LogP contribution in [-0.4, -0.2) is 22.1 Å². The van der Waals surface area contributed by atoms with Crippen molar-refractivity contribution >= 4 is 23.2 Å². The van der Waals surface area contributed by atoms with Crippen LogP contribution in [0.1, 0.15) is 5.69 Å². The maximum absolute atomic E-state index is 5.85. The van der Waals surface area contributed by atoms with E-state index in [4.69, 9.17) is 16.3 Å². The van der Waals surface area contributed by atoms with E-state index >= 15 is 0 Å². The van der Waals surface area contributed by atoms with Gasteiger partial charge in [0.05, 0.1) is 7.11 Å². The van der Waals surface area contributed by atoms with Gasteiger partial charge in [-0.05, 0) is 19.1 Å². The molecule has 2 aromatic heterocycles. The highest BCUT2D eigenvalue weighted by Crippen LogP contribution is 2.21. The smallest absolute Gasteiger partial charge is 0.227 e. The molecule has 0 unspecified atom stereocenters. The second-order valence-electron chi connectivity index (χ2n) is 3.37. The molecule has 1 N–H and O–H groups in total. The fourth-order valence-corrected chi connectivity index (χ4v) is 1.49. The third-order valence-corrected chi connectivity index (χ3v) is 2.22. The van der Waals surface area contributed by atoms with Crippen LogP contribution in [0, 0.1) is 6.92 Å². The molecule has 0 saturated carbocycles. The van der Waals surface area contributed by atoms with Gasteiger partial charge in [0.1, 0.15) is 5.15 Å². The van der Waals surface area contributed by atoms with Crippen LogP contribution in [0.4, 0.5) is 11.6 Å². The summed E-state index contributed by atoms with van der Waals surface area (Å²) < 4.78 is 5.02. The number of anilines is 2. The summed E-state index contributed by atoms with van der Waals surface area (Å²) in [7, 11) is 1.53. The SMILES string of the molecule is COc1cc(Nc2nccc(C)n2)cc(Cl)n1. The second kappa shape index (κ2) is 4.97. The minimum Gasteiger partial charge on any atom is -0.481 e. The molecule has 0 radical (unpaired) electrons. The number of aromatic nitrogens is 3. The first-order valence-electron chi connectivity index (χ1n) is 4.95. The Morgan fingerprint density at radius 3 is 2.82 bits per heavy atom. The van der Waals surface area contributed by atoms with Gasteiger partial charge in [-0.1, -0.05) is 11.6 Å². The van der Waals surface area contributed by atoms with Gasteiger partial charge in [-0.2, -0.15) is 0 Å². The van der Waals surface area contributed by atoms with Gasteiger partial charge >= 0.3 is 0 Å². The Morgan fingerprint density at radius 1 is 1.29 bits per heavy atom. The first-order valence-corrected chi connectivity index (χ1v) is 5.33. The fourth-order valence-electron chi connectivity index (χ4n) is 1.29. The number of hydrogen-bond donors (Lipinski definition) is 1. The molecule has 2 aromatic rings. The number of nitrogens with one attached hydrogen (secondary N) is 1. The summed E-state index contributed by atoms with van der Waals surface area (Å²) in [4.78, 5) is 12.3. The third kappa shape index (κ3) is 3.04. The average molecular weight is 251 g/mol. The van der Waals surface area contributed by atoms with Crippen molar-refractivity contribution in [3.8, 4) is 5.88 Å². The quantitative estimate of drug-likeness (QED) is 0.849. The maximum Gasteiger partial charge on any atom is 0.227 e. The zero-order chi connectivity index (χ0) is 12.3. The van der Waals surface area contributed by atoms with E-state index in [1.165, 1.54) is 7.11 Å². The van der Waals surface area contributed by atoms with Gasteiger partial charge in [0, 0.05) is 23.6 Å². The van der Waals surface area contributed by atoms with Crippen LogP contribution in [0.2, 0.25) is 5.15 Å². The van der Waals surface area contributed by atoms with Crippen LogP contribution in [0.3, 0.4) is 0 Å². The topological polar surface area (TPSA) is 59.9 Å². The highest BCUT2D eigenvalue weighted by molar-refractivity contribution is 6.29. The predicted molar refractivity (Wildman–Crippen MR) is 65.9 cm³/mol. The summed E-state index contributed by atoms with van der Waals surface area (Å²) in [6, 6.07) is 5.22. The molecule has 2 rings (SSSR count). The molecule has 17 heavy (non-hydrogen) atoms. The molecule has 0 amide bonds. The minimum absolute atomic E-state index is 0.347. The summed E-state index contributed by atoms with van der Waals surface area (Å²) in [5.74, 6) is 0.946. The maximum atomic E-state index is 5.85. The van der Waals surface area contributed by atoms with Crippen molar-refractivity contribution in [2.24, 2.45) is 0 Å². The van der Waals surface area contributed by atoms with Crippen molar-refractivity contribution in [1.29, 1.82) is 0 Å². The van der Waals surface area contributed by atoms with E-state index < -0.39 is 0 Å². The van der Waals surface area contributed by atoms with Crippen LogP contribution >= 0.6 is 11.6 Å². The van der Waals surface area contributed by atoms with E-state index in [2.05, 4.69) is 20.3 Å². The molecule has 0 aliphatic rings. The molecule has 0 atom stereocenters. The summed E-state index contributed by atoms with van der Waals surface area (Å²) in [6.45, 7) is 1.90. The van der Waals surface area contributed by atoms with Gasteiger partial charge in [-0.3, -0.25) is 0 Å². The van der Waals surface area contributed by atoms with Crippen LogP contribution in [-0.2, 0) is 0 Å². The lowest BCUT2D eigenvalue weighted by atomic mass is 10.4. The summed E-state index contributed by atoms with van der Waals surface area (Å²) in [6.07, 6.45) is 1.69. The molecule has 0 spiro atoms. The van der Waals surface area contributed by atoms with E-state index in [0.717, 1.165) is 11.4 Å². The Balaban J connectivity index is 2.26. The second-order valence-corrected chi connectivity index (χ2v) is 3.75. The molecular formula is C11H11ClN4O. The van der Waals surface area contributed by atoms with Gasteiger partial charge < -0.3 is 10.1 Å². The number of pyridine rings is 1. The normalized spacial score (nSPS) is 10.1. The van der Waals surface area contributed by atoms with E-state index in [9.17, 15) is 0 Å². The van der Waals surface area contributed by atoms with Gasteiger partial charge in [0.2, 0.25) is 11.8 Å². The molecule has 2 heterocycles. The number of rotatable bonds is 3. The molecule has 0 saturated heterocycles. The zero-order valence-electron chi connectivity index (χ0n) is 9.44. The van der Waals surface area contributed by atoms with Crippen molar-refractivity contribution < 1.29 is 4.74 Å². The highest BCUT2D eigenvalue weighted by Gasteiger charge is 2.03. The Kier molecular flexibility index (Phi) is 3.39. The lowest BCUT2D eigenvalue weighted by Crippen LogP contribution is -1.99. The number of hydrogen-bond acceptors (Lipinski definition) is 5. The van der Waals surface area contributed by atoms with Crippen LogP contribution in [0.15, 0.2) is 24.4 Å². The largest absolute Gasteiger partial charge is 0.481 e. The molecule has 0 bridgehead atoms. The van der Waals surface area contributed by atoms with Crippen molar-refractivity contribution in [2.75, 3.05) is 12.4 Å². The monoisotopic (exact) mass is 250 g/mol. The number of methoxy groups -OCH3 is 1. The first-order chi connectivity index (χ1) is 8.17. The van der Waals surface area contributed by atoms with Crippen LogP contribution < -0.4 is 10.1 Å². The number of nitrogens with zero attached hydrogens (tertiary/aromatic N) is 3. The first kappa shape index (κ1) is 11.6. The average Bonchev–Trinajstić information content (AvgIpc) is 2.28. The van der Waals surface area contributed by atoms with Crippen molar-refractivity contribution in [3.05, 3.63) is 35.2 Å². The number of ether oxygens (including phenoxy) is 1. The number of halogens is 1. The fraction of sp³-hybridized carbons (Fsp3) is 0.182. The molecule has 0 aromatic carbocycles. The molecule has 5 nitrogen and oxygen atoms in total. The molecule has 0 aliphatic heterocycles. The lowest BCUT2D eigenvalue weighted by molar-refractivity contribution is 0.398. The van der Waals surface area contributed by atoms with Crippen molar-refractivity contribution in [3.63, 3.8) is 0 Å². The van der Waals surface area contributed by atoms with E-state index in [1.807, 2.05) is 13.0 Å². The molecule has 88 valence electrons. The van der Waals surface area contributed by atoms with E-state index in [1.54, 1.807) is 18.3 Å². The Labute approximate surface area is 104 Å². The lowest BCUT2D eigenvalue weighted by Gasteiger charge is -2.07. The van der Waals surface area contributed by atoms with Crippen LogP contribution in [0.25, 0.3) is 0 Å². The third-order valence-electron chi connectivity index (χ3n) is 2.03. The van der Waals surface area contributed by atoms with Gasteiger partial charge in [-0.25, -0.2) is 15.0 Å². The summed E-state index contributed by atoms with van der Waals surface area (Å²) in [5, 5.41) is 3.38. The Bertz CT molecular complexity index is 533. The minimum atomic E-state index is 0.347. The van der Waals surface area contributed by atoms with Gasteiger partial charge in [0.15, 0.2) is 0 Å². The van der Waals surface area contributed by atoms with E-state index in [-0.39, 0.29) is 0 Å². The van der Waals surface area contributed by atoms with Crippen molar-refractivity contribution in [1.82, 2.24) is 15.0 Å². The number of aryl methyl sites for hydroxylation is 1. The standard InChI is InChI=1S/C11H11ClN4O/c1-7-3-4-13-11(14-7)15-8-5-9(12)16-10(6-8)17-2/h3-6H,1-2H3,(H,13,14,15,16). The predicted octanol–water partition coefficient (Wildman–Crippen LogP) is 2.59. The molecular weight excluding hydrogens is 240 g/mol. The van der Waals surface area contributed by atoms with Crippen LogP contribution in [0.5, 0.6) is 5.88 Å². The zero-order valence-corrected chi connectivity index (χ0v) is 10.2. The highest BCUT2D eigenvalue weighted by atomic mass is 35.5. The molecule has 6 heteroatoms. The van der Waals surface area contributed by atoms with E-state index in [0.29, 0.717) is 17.0 Å². The van der Waals surface area contributed by atoms with Gasteiger partial charge in [-0.15, -0.1) is 0 Å². The Morgan fingerprint density at radius 2 is 2.12 bits per heavy atom.